The molecule has 1 aliphatic heterocycles. The molecule has 1 heterocycles. The number of hydrogen-bond acceptors (Lipinski definition) is 3. The van der Waals surface area contributed by atoms with Crippen LogP contribution in [0.25, 0.3) is 0 Å². The predicted molar refractivity (Wildman–Crippen MR) is 57.8 cm³/mol. The minimum absolute atomic E-state index is 0.332. The molecular formula is C11H21NO3. The minimum atomic E-state index is -0.416. The van der Waals surface area contributed by atoms with Gasteiger partial charge < -0.3 is 14.8 Å². The summed E-state index contributed by atoms with van der Waals surface area (Å²) in [7, 11) is 0. The molecule has 1 saturated heterocycles. The summed E-state index contributed by atoms with van der Waals surface area (Å²) in [5.41, 5.74) is -0.416. The third-order valence-electron chi connectivity index (χ3n) is 2.24. The number of nitrogens with one attached hydrogen (secondary N) is 1. The van der Waals surface area contributed by atoms with Gasteiger partial charge in [-0.05, 0) is 39.5 Å². The third-order valence-corrected chi connectivity index (χ3v) is 2.24. The van der Waals surface area contributed by atoms with Gasteiger partial charge in [-0.15, -0.1) is 0 Å². The number of ether oxygens (including phenoxy) is 2. The molecule has 88 valence electrons. The lowest BCUT2D eigenvalue weighted by Crippen LogP contribution is -2.33. The number of carbonyl (C=O) groups is 1. The standard InChI is InChI=1S/C11H21NO3/c1-11(2,3)15-10(13)12-6-4-9-5-7-14-8-9/h9H,4-8H2,1-3H3,(H,12,13). The van der Waals surface area contributed by atoms with Gasteiger partial charge in [-0.1, -0.05) is 0 Å². The molecule has 0 aromatic carbocycles. The smallest absolute Gasteiger partial charge is 0.407 e. The first-order valence-corrected chi connectivity index (χ1v) is 5.52. The fourth-order valence-corrected chi connectivity index (χ4v) is 1.50. The quantitative estimate of drug-likeness (QED) is 0.782. The summed E-state index contributed by atoms with van der Waals surface area (Å²) in [6.45, 7) is 7.93. The second-order valence-electron chi connectivity index (χ2n) is 4.95. The van der Waals surface area contributed by atoms with Crippen molar-refractivity contribution < 1.29 is 14.3 Å². The van der Waals surface area contributed by atoms with Gasteiger partial charge in [-0.2, -0.15) is 0 Å². The maximum Gasteiger partial charge on any atom is 0.407 e. The summed E-state index contributed by atoms with van der Waals surface area (Å²) in [5, 5.41) is 2.75. The summed E-state index contributed by atoms with van der Waals surface area (Å²) in [5.74, 6) is 0.597. The van der Waals surface area contributed by atoms with Crippen molar-refractivity contribution >= 4 is 6.09 Å². The molecule has 1 fully saturated rings. The number of alkyl carbamates (subject to hydrolysis) is 1. The molecule has 1 atom stereocenters. The van der Waals surface area contributed by atoms with Crippen LogP contribution in [0.4, 0.5) is 4.79 Å². The molecule has 1 unspecified atom stereocenters. The average molecular weight is 215 g/mol. The molecule has 1 aliphatic rings. The first kappa shape index (κ1) is 12.3. The summed E-state index contributed by atoms with van der Waals surface area (Å²) < 4.78 is 10.4. The second kappa shape index (κ2) is 5.35. The average Bonchev–Trinajstić information content (AvgIpc) is 2.53. The molecule has 4 heteroatoms. The zero-order valence-electron chi connectivity index (χ0n) is 9.84. The van der Waals surface area contributed by atoms with E-state index >= 15 is 0 Å². The molecular weight excluding hydrogens is 194 g/mol. The van der Waals surface area contributed by atoms with Gasteiger partial charge in [0.1, 0.15) is 5.60 Å². The predicted octanol–water partition coefficient (Wildman–Crippen LogP) is 1.94. The van der Waals surface area contributed by atoms with Crippen molar-refractivity contribution in [3.63, 3.8) is 0 Å². The van der Waals surface area contributed by atoms with Gasteiger partial charge >= 0.3 is 6.09 Å². The summed E-state index contributed by atoms with van der Waals surface area (Å²) in [4.78, 5) is 11.3. The molecule has 0 aromatic heterocycles. The molecule has 0 bridgehead atoms. The third kappa shape index (κ3) is 5.62. The van der Waals surface area contributed by atoms with E-state index in [1.807, 2.05) is 20.8 Å². The van der Waals surface area contributed by atoms with Crippen LogP contribution in [0.5, 0.6) is 0 Å². The van der Waals surface area contributed by atoms with Crippen LogP contribution in [-0.4, -0.2) is 31.5 Å². The Morgan fingerprint density at radius 2 is 2.27 bits per heavy atom. The Kier molecular flexibility index (Phi) is 4.39. The molecule has 1 amide bonds. The number of hydrogen-bond donors (Lipinski definition) is 1. The lowest BCUT2D eigenvalue weighted by molar-refractivity contribution is 0.0524. The van der Waals surface area contributed by atoms with Gasteiger partial charge in [0.05, 0.1) is 0 Å². The topological polar surface area (TPSA) is 47.6 Å². The Hall–Kier alpha value is -0.770. The summed E-state index contributed by atoms with van der Waals surface area (Å²) >= 11 is 0. The van der Waals surface area contributed by atoms with E-state index in [4.69, 9.17) is 9.47 Å². The van der Waals surface area contributed by atoms with E-state index < -0.39 is 5.60 Å². The van der Waals surface area contributed by atoms with Gasteiger partial charge in [-0.3, -0.25) is 0 Å². The van der Waals surface area contributed by atoms with E-state index in [-0.39, 0.29) is 6.09 Å². The summed E-state index contributed by atoms with van der Waals surface area (Å²) in [6.07, 6.45) is 1.75. The van der Waals surface area contributed by atoms with Crippen molar-refractivity contribution in [2.75, 3.05) is 19.8 Å². The van der Waals surface area contributed by atoms with Crippen LogP contribution in [0.3, 0.4) is 0 Å². The van der Waals surface area contributed by atoms with Crippen molar-refractivity contribution in [2.24, 2.45) is 5.92 Å². The van der Waals surface area contributed by atoms with Crippen LogP contribution in [-0.2, 0) is 9.47 Å². The molecule has 0 aliphatic carbocycles. The lowest BCUT2D eigenvalue weighted by Gasteiger charge is -2.20. The van der Waals surface area contributed by atoms with Gasteiger partial charge in [0, 0.05) is 19.8 Å². The highest BCUT2D eigenvalue weighted by Gasteiger charge is 2.18. The van der Waals surface area contributed by atoms with E-state index in [9.17, 15) is 4.79 Å². The molecule has 0 spiro atoms. The Bertz CT molecular complexity index is 204. The normalized spacial score (nSPS) is 21.4. The van der Waals surface area contributed by atoms with Gasteiger partial charge in [0.25, 0.3) is 0 Å². The molecule has 0 aromatic rings. The Labute approximate surface area is 91.3 Å². The van der Waals surface area contributed by atoms with Gasteiger partial charge in [0.15, 0.2) is 0 Å². The zero-order chi connectivity index (χ0) is 11.3. The highest BCUT2D eigenvalue weighted by molar-refractivity contribution is 5.67. The van der Waals surface area contributed by atoms with E-state index in [0.717, 1.165) is 26.1 Å². The molecule has 1 N–H and O–H groups in total. The highest BCUT2D eigenvalue weighted by atomic mass is 16.6. The second-order valence-corrected chi connectivity index (χ2v) is 4.95. The largest absolute Gasteiger partial charge is 0.444 e. The molecule has 1 rings (SSSR count). The van der Waals surface area contributed by atoms with Crippen LogP contribution >= 0.6 is 0 Å². The fourth-order valence-electron chi connectivity index (χ4n) is 1.50. The van der Waals surface area contributed by atoms with Crippen LogP contribution in [0, 0.1) is 5.92 Å². The van der Waals surface area contributed by atoms with E-state index in [2.05, 4.69) is 5.32 Å². The minimum Gasteiger partial charge on any atom is -0.444 e. The lowest BCUT2D eigenvalue weighted by atomic mass is 10.1. The molecule has 0 radical (unpaired) electrons. The van der Waals surface area contributed by atoms with Crippen molar-refractivity contribution in [2.45, 2.75) is 39.2 Å². The number of carbonyl (C=O) groups excluding carboxylic acids is 1. The first-order chi connectivity index (χ1) is 6.97. The molecule has 0 saturated carbocycles. The van der Waals surface area contributed by atoms with Crippen LogP contribution < -0.4 is 5.32 Å². The van der Waals surface area contributed by atoms with Gasteiger partial charge in [-0.25, -0.2) is 4.79 Å². The van der Waals surface area contributed by atoms with Crippen LogP contribution in [0.2, 0.25) is 0 Å². The van der Waals surface area contributed by atoms with Crippen molar-refractivity contribution in [1.82, 2.24) is 5.32 Å². The van der Waals surface area contributed by atoms with E-state index in [0.29, 0.717) is 12.5 Å². The van der Waals surface area contributed by atoms with Crippen molar-refractivity contribution in [3.05, 3.63) is 0 Å². The van der Waals surface area contributed by atoms with Gasteiger partial charge in [0.2, 0.25) is 0 Å². The number of amides is 1. The highest BCUT2D eigenvalue weighted by Crippen LogP contribution is 2.15. The SMILES string of the molecule is CC(C)(C)OC(=O)NCCC1CCOC1. The van der Waals surface area contributed by atoms with E-state index in [1.54, 1.807) is 0 Å². The van der Waals surface area contributed by atoms with Crippen LogP contribution in [0.15, 0.2) is 0 Å². The summed E-state index contributed by atoms with van der Waals surface area (Å²) in [6, 6.07) is 0. The van der Waals surface area contributed by atoms with Crippen molar-refractivity contribution in [3.8, 4) is 0 Å². The Morgan fingerprint density at radius 3 is 2.80 bits per heavy atom. The first-order valence-electron chi connectivity index (χ1n) is 5.52. The van der Waals surface area contributed by atoms with Crippen molar-refractivity contribution in [1.29, 1.82) is 0 Å². The monoisotopic (exact) mass is 215 g/mol. The molecule has 4 nitrogen and oxygen atoms in total. The Morgan fingerprint density at radius 1 is 1.53 bits per heavy atom. The van der Waals surface area contributed by atoms with Crippen LogP contribution in [0.1, 0.15) is 33.6 Å². The zero-order valence-corrected chi connectivity index (χ0v) is 9.84. The Balaban J connectivity index is 2.06. The number of rotatable bonds is 3. The fraction of sp³-hybridized carbons (Fsp3) is 0.909. The maximum atomic E-state index is 11.3. The molecule has 15 heavy (non-hydrogen) atoms. The maximum absolute atomic E-state index is 11.3. The van der Waals surface area contributed by atoms with E-state index in [1.165, 1.54) is 0 Å².